The molecule has 0 atom stereocenters. The van der Waals surface area contributed by atoms with Gasteiger partial charge in [0.25, 0.3) is 5.56 Å². The van der Waals surface area contributed by atoms with Gasteiger partial charge in [0.1, 0.15) is 0 Å². The van der Waals surface area contributed by atoms with Gasteiger partial charge in [-0.2, -0.15) is 4.98 Å². The van der Waals surface area contributed by atoms with Crippen LogP contribution in [-0.2, 0) is 0 Å². The van der Waals surface area contributed by atoms with Gasteiger partial charge in [0.15, 0.2) is 5.13 Å². The van der Waals surface area contributed by atoms with Gasteiger partial charge >= 0.3 is 0 Å². The number of aromatic nitrogens is 1. The number of fused-ring (bicyclic) bond motifs is 1. The maximum absolute atomic E-state index is 12.1. The molecule has 0 N–H and O–H groups in total. The zero-order valence-corrected chi connectivity index (χ0v) is 11.9. The minimum atomic E-state index is -0.163. The summed E-state index contributed by atoms with van der Waals surface area (Å²) in [5.41, 5.74) is 0.886. The number of rotatable bonds is 3. The van der Waals surface area contributed by atoms with E-state index in [0.29, 0.717) is 5.39 Å². The van der Waals surface area contributed by atoms with Gasteiger partial charge in [0, 0.05) is 16.9 Å². The monoisotopic (exact) mass is 282 g/mol. The molecule has 4 heteroatoms. The molecule has 0 amide bonds. The molecule has 0 spiro atoms. The fourth-order valence-electron chi connectivity index (χ4n) is 2.15. The summed E-state index contributed by atoms with van der Waals surface area (Å²) in [5.74, 6) is 0. The summed E-state index contributed by atoms with van der Waals surface area (Å²) in [4.78, 5) is 18.4. The summed E-state index contributed by atoms with van der Waals surface area (Å²) in [6, 6.07) is 17.6. The highest BCUT2D eigenvalue weighted by Crippen LogP contribution is 2.29. The lowest BCUT2D eigenvalue weighted by Gasteiger charge is -2.21. The molecule has 0 fully saturated rings. The van der Waals surface area contributed by atoms with E-state index in [0.717, 1.165) is 22.1 Å². The van der Waals surface area contributed by atoms with Crippen LogP contribution in [0.15, 0.2) is 59.4 Å². The molecular formula is C16H14N2OS. The highest BCUT2D eigenvalue weighted by Gasteiger charge is 2.12. The third kappa shape index (κ3) is 2.30. The summed E-state index contributed by atoms with van der Waals surface area (Å²) in [5, 5.41) is 1.42. The van der Waals surface area contributed by atoms with Crippen molar-refractivity contribution in [3.63, 3.8) is 0 Å². The molecule has 0 aliphatic heterocycles. The van der Waals surface area contributed by atoms with Crippen LogP contribution in [0.3, 0.4) is 0 Å². The van der Waals surface area contributed by atoms with Gasteiger partial charge in [0.05, 0.1) is 5.39 Å². The van der Waals surface area contributed by atoms with Crippen molar-refractivity contribution in [3.8, 4) is 0 Å². The lowest BCUT2D eigenvalue weighted by molar-refractivity contribution is 1.00. The first-order valence-electron chi connectivity index (χ1n) is 6.52. The number of anilines is 2. The molecule has 0 aliphatic rings. The molecule has 0 bridgehead atoms. The Bertz CT molecular complexity index is 783. The second kappa shape index (κ2) is 5.43. The van der Waals surface area contributed by atoms with E-state index in [1.54, 1.807) is 11.3 Å². The SMILES string of the molecule is CCN(c1ccccc1)c1nc(=O)c2ccccc2s1. The van der Waals surface area contributed by atoms with Gasteiger partial charge in [-0.1, -0.05) is 41.7 Å². The smallest absolute Gasteiger partial charge is 0.281 e. The van der Waals surface area contributed by atoms with Gasteiger partial charge in [-0.3, -0.25) is 4.79 Å². The number of benzene rings is 2. The van der Waals surface area contributed by atoms with Crippen molar-refractivity contribution < 1.29 is 0 Å². The van der Waals surface area contributed by atoms with E-state index < -0.39 is 0 Å². The number of hydrogen-bond donors (Lipinski definition) is 0. The lowest BCUT2D eigenvalue weighted by atomic mass is 10.3. The number of nitrogens with zero attached hydrogens (tertiary/aromatic N) is 2. The molecule has 1 heterocycles. The van der Waals surface area contributed by atoms with Crippen LogP contribution >= 0.6 is 11.3 Å². The third-order valence-electron chi connectivity index (χ3n) is 3.13. The van der Waals surface area contributed by atoms with Gasteiger partial charge in [0.2, 0.25) is 0 Å². The van der Waals surface area contributed by atoms with Gasteiger partial charge in [-0.25, -0.2) is 0 Å². The van der Waals surface area contributed by atoms with Crippen molar-refractivity contribution in [1.82, 2.24) is 4.98 Å². The summed E-state index contributed by atoms with van der Waals surface area (Å²) in [6.45, 7) is 2.83. The van der Waals surface area contributed by atoms with Crippen LogP contribution in [0.1, 0.15) is 6.92 Å². The zero-order valence-electron chi connectivity index (χ0n) is 11.1. The molecule has 3 aromatic rings. The molecule has 0 radical (unpaired) electrons. The average molecular weight is 282 g/mol. The Morgan fingerprint density at radius 3 is 2.50 bits per heavy atom. The van der Waals surface area contributed by atoms with E-state index >= 15 is 0 Å². The summed E-state index contributed by atoms with van der Waals surface area (Å²) in [7, 11) is 0. The first-order valence-corrected chi connectivity index (χ1v) is 7.33. The van der Waals surface area contributed by atoms with Crippen LogP contribution in [0.2, 0.25) is 0 Å². The fraction of sp³-hybridized carbons (Fsp3) is 0.125. The van der Waals surface area contributed by atoms with Crippen LogP contribution in [0.5, 0.6) is 0 Å². The van der Waals surface area contributed by atoms with E-state index in [1.165, 1.54) is 0 Å². The van der Waals surface area contributed by atoms with Crippen LogP contribution in [0.25, 0.3) is 10.1 Å². The van der Waals surface area contributed by atoms with Crippen molar-refractivity contribution >= 4 is 32.2 Å². The van der Waals surface area contributed by atoms with Gasteiger partial charge in [-0.15, -0.1) is 0 Å². The standard InChI is InChI=1S/C16H14N2OS/c1-2-18(12-8-4-3-5-9-12)16-17-15(19)13-10-6-7-11-14(13)20-16/h3-11H,2H2,1H3. The van der Waals surface area contributed by atoms with Crippen molar-refractivity contribution in [2.45, 2.75) is 6.92 Å². The van der Waals surface area contributed by atoms with Crippen LogP contribution in [-0.4, -0.2) is 11.5 Å². The first kappa shape index (κ1) is 12.8. The minimum absolute atomic E-state index is 0.163. The van der Waals surface area contributed by atoms with Gasteiger partial charge in [-0.05, 0) is 31.2 Å². The molecule has 0 unspecified atom stereocenters. The van der Waals surface area contributed by atoms with Crippen LogP contribution in [0, 0.1) is 0 Å². The van der Waals surface area contributed by atoms with Crippen molar-refractivity contribution in [1.29, 1.82) is 0 Å². The Morgan fingerprint density at radius 2 is 1.75 bits per heavy atom. The normalized spacial score (nSPS) is 10.7. The highest BCUT2D eigenvalue weighted by molar-refractivity contribution is 7.21. The van der Waals surface area contributed by atoms with Gasteiger partial charge < -0.3 is 4.90 Å². The molecular weight excluding hydrogens is 268 g/mol. The van der Waals surface area contributed by atoms with E-state index in [1.807, 2.05) is 54.6 Å². The summed E-state index contributed by atoms with van der Waals surface area (Å²) < 4.78 is 0.969. The molecule has 100 valence electrons. The molecule has 3 rings (SSSR count). The Labute approximate surface area is 121 Å². The summed E-state index contributed by atoms with van der Waals surface area (Å²) in [6.07, 6.45) is 0. The Balaban J connectivity index is 2.16. The predicted octanol–water partition coefficient (Wildman–Crippen LogP) is 3.81. The van der Waals surface area contributed by atoms with E-state index in [2.05, 4.69) is 16.8 Å². The minimum Gasteiger partial charge on any atom is -0.318 e. The number of hydrogen-bond acceptors (Lipinski definition) is 4. The molecule has 20 heavy (non-hydrogen) atoms. The second-order valence-electron chi connectivity index (χ2n) is 4.38. The maximum atomic E-state index is 12.1. The van der Waals surface area contributed by atoms with Crippen molar-refractivity contribution in [3.05, 3.63) is 65.0 Å². The van der Waals surface area contributed by atoms with Crippen molar-refractivity contribution in [2.24, 2.45) is 0 Å². The molecule has 0 aliphatic carbocycles. The van der Waals surface area contributed by atoms with Crippen LogP contribution < -0.4 is 10.5 Å². The third-order valence-corrected chi connectivity index (χ3v) is 4.20. The second-order valence-corrected chi connectivity index (χ2v) is 5.39. The Kier molecular flexibility index (Phi) is 3.48. The zero-order chi connectivity index (χ0) is 13.9. The summed E-state index contributed by atoms with van der Waals surface area (Å²) >= 11 is 1.54. The molecule has 3 nitrogen and oxygen atoms in total. The fourth-order valence-corrected chi connectivity index (χ4v) is 3.23. The Morgan fingerprint density at radius 1 is 1.05 bits per heavy atom. The lowest BCUT2D eigenvalue weighted by Crippen LogP contribution is -2.19. The largest absolute Gasteiger partial charge is 0.318 e. The molecule has 0 saturated carbocycles. The maximum Gasteiger partial charge on any atom is 0.281 e. The van der Waals surface area contributed by atoms with E-state index in [9.17, 15) is 4.79 Å². The Hall–Kier alpha value is -2.20. The molecule has 2 aromatic carbocycles. The van der Waals surface area contributed by atoms with E-state index in [-0.39, 0.29) is 5.56 Å². The van der Waals surface area contributed by atoms with E-state index in [4.69, 9.17) is 0 Å². The predicted molar refractivity (Wildman–Crippen MR) is 85.0 cm³/mol. The van der Waals surface area contributed by atoms with Crippen LogP contribution in [0.4, 0.5) is 10.8 Å². The highest BCUT2D eigenvalue weighted by atomic mass is 32.1. The first-order chi connectivity index (χ1) is 9.79. The molecule has 0 saturated heterocycles. The molecule has 1 aromatic heterocycles. The topological polar surface area (TPSA) is 33.2 Å². The quantitative estimate of drug-likeness (QED) is 0.732. The van der Waals surface area contributed by atoms with Crippen molar-refractivity contribution in [2.75, 3.05) is 11.4 Å². The number of para-hydroxylation sites is 1. The average Bonchev–Trinajstić information content (AvgIpc) is 2.49.